The molecule has 0 saturated carbocycles. The first-order chi connectivity index (χ1) is 21.3. The van der Waals surface area contributed by atoms with Gasteiger partial charge in [0, 0.05) is 55.7 Å². The van der Waals surface area contributed by atoms with Gasteiger partial charge in [-0.15, -0.1) is 0 Å². The van der Waals surface area contributed by atoms with E-state index in [1.165, 1.54) is 7.11 Å². The monoisotopic (exact) mass is 597 g/mol. The van der Waals surface area contributed by atoms with E-state index in [-0.39, 0.29) is 11.8 Å². The molecule has 3 aromatic carbocycles. The number of piperazine rings is 1. The first kappa shape index (κ1) is 29.2. The van der Waals surface area contributed by atoms with Crippen LogP contribution in [-0.2, 0) is 14.3 Å². The minimum atomic E-state index is -0.489. The molecule has 3 heterocycles. The second kappa shape index (κ2) is 12.4. The van der Waals surface area contributed by atoms with Gasteiger partial charge in [-0.1, -0.05) is 6.07 Å². The number of amides is 2. The Hall–Kier alpha value is -4.87. The maximum absolute atomic E-state index is 13.4. The molecular formula is C33H35N5O6. The standard InChI is InChI=1S/C33H35N5O6/c1-36-12-14-38(15-13-36)20-29(39)37(2)24-8-6-23(7-9-24)34-31(21-5-11-27-28(19-21)44-17-16-43-27)30-25-10-4-22(33(41)42-3)18-26(25)35-32(30)40/h4-11,18-19,34H,12-17,20H2,1-3H3,(H,35,40)/b31-30-. The van der Waals surface area contributed by atoms with E-state index >= 15 is 0 Å². The van der Waals surface area contributed by atoms with E-state index in [2.05, 4.69) is 27.5 Å². The summed E-state index contributed by atoms with van der Waals surface area (Å²) < 4.78 is 16.4. The van der Waals surface area contributed by atoms with Crippen molar-refractivity contribution in [1.29, 1.82) is 0 Å². The molecule has 11 heteroatoms. The summed E-state index contributed by atoms with van der Waals surface area (Å²) in [6.07, 6.45) is 0. The molecule has 44 heavy (non-hydrogen) atoms. The van der Waals surface area contributed by atoms with Gasteiger partial charge in [-0.05, 0) is 61.6 Å². The molecule has 3 aromatic rings. The fourth-order valence-corrected chi connectivity index (χ4v) is 5.50. The number of hydrogen-bond donors (Lipinski definition) is 2. The molecule has 2 N–H and O–H groups in total. The number of fused-ring (bicyclic) bond motifs is 2. The van der Waals surface area contributed by atoms with Crippen LogP contribution in [0.5, 0.6) is 11.5 Å². The van der Waals surface area contributed by atoms with E-state index in [0.717, 1.165) is 37.6 Å². The third-order valence-electron chi connectivity index (χ3n) is 8.12. The topological polar surface area (TPSA) is 113 Å². The fourth-order valence-electron chi connectivity index (χ4n) is 5.50. The summed E-state index contributed by atoms with van der Waals surface area (Å²) in [6.45, 7) is 4.92. The normalized spacial score (nSPS) is 17.4. The highest BCUT2D eigenvalue weighted by Gasteiger charge is 2.30. The average molecular weight is 598 g/mol. The van der Waals surface area contributed by atoms with Crippen molar-refractivity contribution in [2.45, 2.75) is 0 Å². The third kappa shape index (κ3) is 5.97. The van der Waals surface area contributed by atoms with Gasteiger partial charge in [0.1, 0.15) is 13.2 Å². The largest absolute Gasteiger partial charge is 0.486 e. The van der Waals surface area contributed by atoms with Gasteiger partial charge in [0.2, 0.25) is 5.91 Å². The third-order valence-corrected chi connectivity index (χ3v) is 8.12. The maximum atomic E-state index is 13.4. The Balaban J connectivity index is 1.30. The number of ether oxygens (including phenoxy) is 3. The molecule has 0 spiro atoms. The highest BCUT2D eigenvalue weighted by Crippen LogP contribution is 2.40. The molecule has 6 rings (SSSR count). The Morgan fingerprint density at radius 3 is 2.36 bits per heavy atom. The molecular weight excluding hydrogens is 562 g/mol. The number of benzene rings is 3. The lowest BCUT2D eigenvalue weighted by molar-refractivity contribution is -0.119. The van der Waals surface area contributed by atoms with Crippen LogP contribution >= 0.6 is 0 Å². The predicted octanol–water partition coefficient (Wildman–Crippen LogP) is 3.39. The molecule has 11 nitrogen and oxygen atoms in total. The summed E-state index contributed by atoms with van der Waals surface area (Å²) in [5, 5.41) is 6.33. The molecule has 0 aliphatic carbocycles. The van der Waals surface area contributed by atoms with E-state index in [1.807, 2.05) is 42.5 Å². The second-order valence-corrected chi connectivity index (χ2v) is 11.0. The van der Waals surface area contributed by atoms with Crippen molar-refractivity contribution in [2.24, 2.45) is 0 Å². The molecule has 1 fully saturated rings. The summed E-state index contributed by atoms with van der Waals surface area (Å²) >= 11 is 0. The molecule has 0 radical (unpaired) electrons. The van der Waals surface area contributed by atoms with Crippen molar-refractivity contribution in [3.05, 3.63) is 77.4 Å². The second-order valence-electron chi connectivity index (χ2n) is 11.0. The molecule has 1 saturated heterocycles. The van der Waals surface area contributed by atoms with E-state index in [0.29, 0.717) is 64.9 Å². The van der Waals surface area contributed by atoms with Crippen molar-refractivity contribution >= 4 is 46.1 Å². The smallest absolute Gasteiger partial charge is 0.337 e. The number of anilines is 3. The minimum Gasteiger partial charge on any atom is -0.486 e. The van der Waals surface area contributed by atoms with Crippen molar-refractivity contribution in [3.8, 4) is 11.5 Å². The van der Waals surface area contributed by atoms with Crippen molar-refractivity contribution in [3.63, 3.8) is 0 Å². The summed E-state index contributed by atoms with van der Waals surface area (Å²) in [6, 6.07) is 18.0. The zero-order valence-corrected chi connectivity index (χ0v) is 25.0. The summed E-state index contributed by atoms with van der Waals surface area (Å²) in [5.74, 6) is 0.447. The molecule has 0 aromatic heterocycles. The Bertz CT molecular complexity index is 1630. The predicted molar refractivity (Wildman–Crippen MR) is 168 cm³/mol. The van der Waals surface area contributed by atoms with Crippen LogP contribution in [0.3, 0.4) is 0 Å². The average Bonchev–Trinajstić information content (AvgIpc) is 3.38. The lowest BCUT2D eigenvalue weighted by atomic mass is 9.98. The molecule has 2 amide bonds. The van der Waals surface area contributed by atoms with Gasteiger partial charge in [0.25, 0.3) is 5.91 Å². The van der Waals surface area contributed by atoms with Crippen LogP contribution in [0.2, 0.25) is 0 Å². The SMILES string of the molecule is COC(=O)c1ccc2c(c1)NC(=O)/C2=C(\Nc1ccc(N(C)C(=O)CN2CCN(C)CC2)cc1)c1ccc2c(c1)OCCO2. The zero-order chi connectivity index (χ0) is 30.8. The van der Waals surface area contributed by atoms with Gasteiger partial charge in [0.15, 0.2) is 11.5 Å². The number of nitrogens with zero attached hydrogens (tertiary/aromatic N) is 3. The van der Waals surface area contributed by atoms with Crippen molar-refractivity contribution in [2.75, 3.05) is 82.7 Å². The summed E-state index contributed by atoms with van der Waals surface area (Å²) in [5.41, 5.74) is 4.66. The number of rotatable bonds is 7. The number of carbonyl (C=O) groups is 3. The molecule has 0 unspecified atom stereocenters. The van der Waals surface area contributed by atoms with Crippen LogP contribution in [0.25, 0.3) is 11.3 Å². The maximum Gasteiger partial charge on any atom is 0.337 e. The van der Waals surface area contributed by atoms with Gasteiger partial charge in [-0.25, -0.2) is 4.79 Å². The fraction of sp³-hybridized carbons (Fsp3) is 0.303. The lowest BCUT2D eigenvalue weighted by Crippen LogP contribution is -2.48. The Morgan fingerprint density at radius 2 is 1.64 bits per heavy atom. The van der Waals surface area contributed by atoms with Gasteiger partial charge in [-0.3, -0.25) is 14.5 Å². The van der Waals surface area contributed by atoms with Crippen LogP contribution in [0.4, 0.5) is 17.1 Å². The number of likely N-dealkylation sites (N-methyl/N-ethyl adjacent to an activating group) is 2. The van der Waals surface area contributed by atoms with Gasteiger partial charge >= 0.3 is 5.97 Å². The molecule has 0 bridgehead atoms. The first-order valence-electron chi connectivity index (χ1n) is 14.5. The van der Waals surface area contributed by atoms with Crippen LogP contribution in [-0.4, -0.2) is 94.7 Å². The summed E-state index contributed by atoms with van der Waals surface area (Å²) in [7, 11) is 5.19. The van der Waals surface area contributed by atoms with Gasteiger partial charge < -0.3 is 34.6 Å². The van der Waals surface area contributed by atoms with Crippen LogP contribution in [0.1, 0.15) is 21.5 Å². The summed E-state index contributed by atoms with van der Waals surface area (Å²) in [4.78, 5) is 44.7. The van der Waals surface area contributed by atoms with E-state index in [4.69, 9.17) is 14.2 Å². The highest BCUT2D eigenvalue weighted by molar-refractivity contribution is 6.37. The first-order valence-corrected chi connectivity index (χ1v) is 14.5. The molecule has 228 valence electrons. The zero-order valence-electron chi connectivity index (χ0n) is 25.0. The molecule has 3 aliphatic heterocycles. The van der Waals surface area contributed by atoms with Crippen LogP contribution in [0, 0.1) is 0 Å². The lowest BCUT2D eigenvalue weighted by Gasteiger charge is -2.32. The van der Waals surface area contributed by atoms with Crippen LogP contribution in [0.15, 0.2) is 60.7 Å². The number of esters is 1. The van der Waals surface area contributed by atoms with Crippen molar-refractivity contribution in [1.82, 2.24) is 9.80 Å². The Labute approximate surface area is 256 Å². The van der Waals surface area contributed by atoms with E-state index in [9.17, 15) is 14.4 Å². The highest BCUT2D eigenvalue weighted by atomic mass is 16.6. The Kier molecular flexibility index (Phi) is 8.23. The Morgan fingerprint density at radius 1 is 0.932 bits per heavy atom. The van der Waals surface area contributed by atoms with Crippen molar-refractivity contribution < 1.29 is 28.6 Å². The number of carbonyl (C=O) groups excluding carboxylic acids is 3. The van der Waals surface area contributed by atoms with Gasteiger partial charge in [-0.2, -0.15) is 0 Å². The number of nitrogens with one attached hydrogen (secondary N) is 2. The van der Waals surface area contributed by atoms with E-state index < -0.39 is 5.97 Å². The minimum absolute atomic E-state index is 0.0277. The van der Waals surface area contributed by atoms with Crippen LogP contribution < -0.4 is 25.0 Å². The molecule has 0 atom stereocenters. The number of hydrogen-bond acceptors (Lipinski definition) is 9. The number of methoxy groups -OCH3 is 1. The van der Waals surface area contributed by atoms with Gasteiger partial charge in [0.05, 0.1) is 36.2 Å². The van der Waals surface area contributed by atoms with E-state index in [1.54, 1.807) is 30.1 Å². The quantitative estimate of drug-likeness (QED) is 0.313. The molecule has 3 aliphatic rings.